The number of hydrogen-bond donors (Lipinski definition) is 5. The lowest BCUT2D eigenvalue weighted by Gasteiger charge is -2.29. The van der Waals surface area contributed by atoms with Crippen LogP contribution in [-0.4, -0.2) is 62.4 Å². The number of amides is 4. The van der Waals surface area contributed by atoms with Gasteiger partial charge in [0, 0.05) is 30.6 Å². The fraction of sp³-hybridized carbons (Fsp3) is 0.421. The van der Waals surface area contributed by atoms with Crippen LogP contribution in [-0.2, 0) is 31.9 Å². The van der Waals surface area contributed by atoms with Gasteiger partial charge in [0.15, 0.2) is 0 Å². The number of aliphatic hydroxyl groups excluding tert-OH is 1. The van der Waals surface area contributed by atoms with Gasteiger partial charge < -0.3 is 26.8 Å². The third-order valence-corrected chi connectivity index (χ3v) is 10.3. The van der Waals surface area contributed by atoms with Gasteiger partial charge in [-0.05, 0) is 54.0 Å². The Morgan fingerprint density at radius 3 is 1.90 bits per heavy atom. The Bertz CT molecular complexity index is 1750. The Balaban J connectivity index is 1.74. The lowest BCUT2D eigenvalue weighted by Crippen LogP contribution is -2.51. The average molecular weight is 722 g/mol. The molecule has 4 amide bonds. The van der Waals surface area contributed by atoms with Gasteiger partial charge in [0.05, 0.1) is 23.6 Å². The molecule has 0 unspecified atom stereocenters. The fourth-order valence-electron chi connectivity index (χ4n) is 5.54. The molecule has 0 aliphatic heterocycles. The number of carbonyl (C=O) groups is 4. The largest absolute Gasteiger partial charge is 0.391 e. The molecule has 3 rings (SSSR count). The molecule has 276 valence electrons. The molecule has 0 aliphatic carbocycles. The molecule has 3 aromatic rings. The predicted molar refractivity (Wildman–Crippen MR) is 198 cm³/mol. The smallest absolute Gasteiger partial charge is 0.251 e. The van der Waals surface area contributed by atoms with E-state index in [4.69, 9.17) is 5.73 Å². The van der Waals surface area contributed by atoms with Crippen LogP contribution < -0.4 is 26.0 Å². The Labute approximate surface area is 301 Å². The van der Waals surface area contributed by atoms with Crippen molar-refractivity contribution in [2.24, 2.45) is 23.5 Å². The van der Waals surface area contributed by atoms with Gasteiger partial charge in [-0.2, -0.15) is 0 Å². The Morgan fingerprint density at radius 1 is 0.784 bits per heavy atom. The van der Waals surface area contributed by atoms with E-state index in [0.29, 0.717) is 18.5 Å². The number of nitrogens with one attached hydrogen (secondary N) is 3. The van der Waals surface area contributed by atoms with Crippen molar-refractivity contribution < 1.29 is 32.7 Å². The summed E-state index contributed by atoms with van der Waals surface area (Å²) < 4.78 is 27.5. The molecule has 13 heteroatoms. The van der Waals surface area contributed by atoms with E-state index in [9.17, 15) is 32.7 Å². The van der Waals surface area contributed by atoms with E-state index in [2.05, 4.69) is 16.0 Å². The summed E-state index contributed by atoms with van der Waals surface area (Å²) in [6, 6.07) is 20.3. The second kappa shape index (κ2) is 18.5. The van der Waals surface area contributed by atoms with Crippen LogP contribution in [0.1, 0.15) is 79.3 Å². The predicted octanol–water partition coefficient (Wildman–Crippen LogP) is 3.74. The highest BCUT2D eigenvalue weighted by molar-refractivity contribution is 7.92. The molecule has 51 heavy (non-hydrogen) atoms. The number of carbonyl (C=O) groups excluding carboxylic acids is 4. The zero-order valence-corrected chi connectivity index (χ0v) is 30.9. The molecule has 6 N–H and O–H groups in total. The Morgan fingerprint density at radius 2 is 1.35 bits per heavy atom. The van der Waals surface area contributed by atoms with Crippen molar-refractivity contribution in [3.8, 4) is 0 Å². The van der Waals surface area contributed by atoms with Gasteiger partial charge in [-0.1, -0.05) is 95.3 Å². The summed E-state index contributed by atoms with van der Waals surface area (Å²) >= 11 is 0. The molecule has 4 atom stereocenters. The van der Waals surface area contributed by atoms with Crippen LogP contribution in [0.15, 0.2) is 78.9 Å². The van der Waals surface area contributed by atoms with Crippen molar-refractivity contribution in [1.29, 1.82) is 0 Å². The lowest BCUT2D eigenvalue weighted by atomic mass is 9.91. The molecule has 0 saturated heterocycles. The van der Waals surface area contributed by atoms with Crippen molar-refractivity contribution in [3.63, 3.8) is 0 Å². The van der Waals surface area contributed by atoms with Crippen molar-refractivity contribution in [2.45, 2.75) is 77.9 Å². The molecule has 0 aliphatic rings. The summed E-state index contributed by atoms with van der Waals surface area (Å²) in [5, 5.41) is 19.8. The van der Waals surface area contributed by atoms with Gasteiger partial charge >= 0.3 is 0 Å². The standard InChI is InChI=1S/C38H51N5O7S/c1-24(2)17-32(33(44)18-26(5)36(46)42-34(25(3)4)38(48)40-22-27-13-9-7-10-14-27)41-37(47)30-19-29(35(39)45)20-31(21-30)43(6)51(49,50)23-28-15-11-8-12-16-28/h7-16,19-21,24-26,32-34,44H,17-18,22-23H2,1-6H3,(H2,39,45)(H,40,48)(H,41,47)(H,42,46)/t26-,32+,33+,34+/m1/s1. The summed E-state index contributed by atoms with van der Waals surface area (Å²) in [5.74, 6) is -3.46. The number of sulfonamides is 1. The third-order valence-electron chi connectivity index (χ3n) is 8.54. The third kappa shape index (κ3) is 12.2. The summed E-state index contributed by atoms with van der Waals surface area (Å²) in [4.78, 5) is 52.2. The van der Waals surface area contributed by atoms with Gasteiger partial charge in [-0.3, -0.25) is 23.5 Å². The van der Waals surface area contributed by atoms with E-state index < -0.39 is 51.9 Å². The van der Waals surface area contributed by atoms with Crippen molar-refractivity contribution in [1.82, 2.24) is 16.0 Å². The maximum atomic E-state index is 13.6. The van der Waals surface area contributed by atoms with Crippen molar-refractivity contribution in [2.75, 3.05) is 11.4 Å². The maximum absolute atomic E-state index is 13.6. The summed E-state index contributed by atoms with van der Waals surface area (Å²) in [5.41, 5.74) is 7.00. The van der Waals surface area contributed by atoms with Crippen molar-refractivity contribution in [3.05, 3.63) is 101 Å². The van der Waals surface area contributed by atoms with Crippen LogP contribution in [0.5, 0.6) is 0 Å². The summed E-state index contributed by atoms with van der Waals surface area (Å²) in [7, 11) is -2.59. The van der Waals surface area contributed by atoms with Crippen LogP contribution in [0.25, 0.3) is 0 Å². The van der Waals surface area contributed by atoms with Crippen LogP contribution in [0.4, 0.5) is 5.69 Å². The van der Waals surface area contributed by atoms with Gasteiger partial charge in [-0.15, -0.1) is 0 Å². The number of primary amides is 1. The van der Waals surface area contributed by atoms with E-state index in [1.54, 1.807) is 37.3 Å². The first-order chi connectivity index (χ1) is 24.0. The minimum absolute atomic E-state index is 0.0208. The van der Waals surface area contributed by atoms with Crippen LogP contribution >= 0.6 is 0 Å². The minimum atomic E-state index is -3.91. The van der Waals surface area contributed by atoms with Gasteiger partial charge in [0.2, 0.25) is 27.7 Å². The minimum Gasteiger partial charge on any atom is -0.391 e. The molecule has 0 aromatic heterocycles. The zero-order chi connectivity index (χ0) is 37.9. The Kier molecular flexibility index (Phi) is 14.7. The average Bonchev–Trinajstić information content (AvgIpc) is 3.08. The topological polar surface area (TPSA) is 188 Å². The van der Waals surface area contributed by atoms with E-state index in [1.807, 2.05) is 58.0 Å². The highest BCUT2D eigenvalue weighted by atomic mass is 32.2. The van der Waals surface area contributed by atoms with Crippen LogP contribution in [0.3, 0.4) is 0 Å². The number of aliphatic hydroxyl groups is 1. The SMILES string of the molecule is CC(C)C[C@H](NC(=O)c1cc(C(N)=O)cc(N(C)S(=O)(=O)Cc2ccccc2)c1)[C@@H](O)C[C@@H](C)C(=O)N[C@H](C(=O)NCc1ccccc1)C(C)C. The van der Waals surface area contributed by atoms with Crippen LogP contribution in [0.2, 0.25) is 0 Å². The zero-order valence-electron chi connectivity index (χ0n) is 30.1. The molecule has 0 saturated carbocycles. The lowest BCUT2D eigenvalue weighted by molar-refractivity contribution is -0.132. The normalized spacial score (nSPS) is 13.9. The number of anilines is 1. The maximum Gasteiger partial charge on any atom is 0.251 e. The molecule has 0 spiro atoms. The number of nitrogens with two attached hydrogens (primary N) is 1. The summed E-state index contributed by atoms with van der Waals surface area (Å²) in [6.45, 7) is 9.45. The van der Waals surface area contributed by atoms with Gasteiger partial charge in [-0.25, -0.2) is 8.42 Å². The van der Waals surface area contributed by atoms with Gasteiger partial charge in [0.25, 0.3) is 5.91 Å². The number of rotatable bonds is 18. The molecule has 0 radical (unpaired) electrons. The molecule has 0 heterocycles. The molecular formula is C38H51N5O7S. The highest BCUT2D eigenvalue weighted by Crippen LogP contribution is 2.24. The Hall–Kier alpha value is -4.75. The number of hydrogen-bond acceptors (Lipinski definition) is 7. The van der Waals surface area contributed by atoms with E-state index in [0.717, 1.165) is 9.87 Å². The molecule has 0 bridgehead atoms. The van der Waals surface area contributed by atoms with E-state index in [-0.39, 0.29) is 46.7 Å². The second-order valence-corrected chi connectivity index (χ2v) is 15.7. The van der Waals surface area contributed by atoms with Crippen LogP contribution in [0, 0.1) is 17.8 Å². The molecular weight excluding hydrogens is 671 g/mol. The quantitative estimate of drug-likeness (QED) is 0.132. The van der Waals surface area contributed by atoms with E-state index in [1.165, 1.54) is 25.2 Å². The second-order valence-electron chi connectivity index (χ2n) is 13.7. The monoisotopic (exact) mass is 721 g/mol. The van der Waals surface area contributed by atoms with Crippen molar-refractivity contribution >= 4 is 39.3 Å². The fourth-order valence-corrected chi connectivity index (χ4v) is 6.77. The van der Waals surface area contributed by atoms with E-state index >= 15 is 0 Å². The summed E-state index contributed by atoms with van der Waals surface area (Å²) in [6.07, 6.45) is -0.826. The first-order valence-corrected chi connectivity index (χ1v) is 18.7. The number of nitrogens with zero attached hydrogens (tertiary/aromatic N) is 1. The number of benzene rings is 3. The first-order valence-electron chi connectivity index (χ1n) is 17.0. The molecule has 12 nitrogen and oxygen atoms in total. The van der Waals surface area contributed by atoms with Gasteiger partial charge in [0.1, 0.15) is 6.04 Å². The molecule has 3 aromatic carbocycles. The first kappa shape index (κ1) is 40.7. The molecule has 0 fully saturated rings. The highest BCUT2D eigenvalue weighted by Gasteiger charge is 2.31.